The quantitative estimate of drug-likeness (QED) is 0.451. The first-order valence-electron chi connectivity index (χ1n) is 10.1. The standard InChI is InChI=1S/C24H23ClN2O5S/c1-17(27-33(30,31)21-14-8-13-20(25)15-21)24(29)32-16-22(28)26-23(18-9-4-2-5-10-18)19-11-6-3-7-12-19/h2-15,17,23,27H,16H2,1H3,(H,26,28)/t17-/m1/s1. The second kappa shape index (κ2) is 11.1. The molecule has 3 rings (SSSR count). The zero-order chi connectivity index (χ0) is 23.8. The van der Waals surface area contributed by atoms with Crippen LogP contribution < -0.4 is 10.0 Å². The van der Waals surface area contributed by atoms with Gasteiger partial charge in [-0.05, 0) is 36.2 Å². The molecule has 172 valence electrons. The average Bonchev–Trinajstić information content (AvgIpc) is 2.82. The number of carbonyl (C=O) groups is 2. The molecule has 0 spiro atoms. The van der Waals surface area contributed by atoms with Crippen molar-refractivity contribution in [3.05, 3.63) is 101 Å². The van der Waals surface area contributed by atoms with Gasteiger partial charge in [0.2, 0.25) is 10.0 Å². The number of rotatable bonds is 9. The molecule has 0 aliphatic rings. The van der Waals surface area contributed by atoms with Gasteiger partial charge in [0.15, 0.2) is 6.61 Å². The van der Waals surface area contributed by atoms with Crippen LogP contribution in [0, 0.1) is 0 Å². The SMILES string of the molecule is C[C@@H](NS(=O)(=O)c1cccc(Cl)c1)C(=O)OCC(=O)NC(c1ccccc1)c1ccccc1. The number of amides is 1. The van der Waals surface area contributed by atoms with E-state index in [0.717, 1.165) is 11.1 Å². The molecule has 0 aromatic heterocycles. The number of sulfonamides is 1. The first-order chi connectivity index (χ1) is 15.8. The third-order valence-electron chi connectivity index (χ3n) is 4.71. The number of esters is 1. The van der Waals surface area contributed by atoms with E-state index in [1.165, 1.54) is 31.2 Å². The van der Waals surface area contributed by atoms with Crippen molar-refractivity contribution in [1.29, 1.82) is 0 Å². The molecule has 0 aliphatic heterocycles. The van der Waals surface area contributed by atoms with E-state index >= 15 is 0 Å². The van der Waals surface area contributed by atoms with Crippen molar-refractivity contribution in [2.75, 3.05) is 6.61 Å². The number of halogens is 1. The van der Waals surface area contributed by atoms with Crippen molar-refractivity contribution >= 4 is 33.5 Å². The van der Waals surface area contributed by atoms with Crippen molar-refractivity contribution in [1.82, 2.24) is 10.0 Å². The van der Waals surface area contributed by atoms with E-state index in [1.807, 2.05) is 60.7 Å². The Bertz CT molecular complexity index is 1160. The zero-order valence-corrected chi connectivity index (χ0v) is 19.3. The average molecular weight is 487 g/mol. The smallest absolute Gasteiger partial charge is 0.324 e. The van der Waals surface area contributed by atoms with Gasteiger partial charge in [-0.15, -0.1) is 0 Å². The monoisotopic (exact) mass is 486 g/mol. The summed E-state index contributed by atoms with van der Waals surface area (Å²) in [6, 6.07) is 22.8. The summed E-state index contributed by atoms with van der Waals surface area (Å²) in [7, 11) is -3.99. The number of carbonyl (C=O) groups excluding carboxylic acids is 2. The number of hydrogen-bond acceptors (Lipinski definition) is 5. The van der Waals surface area contributed by atoms with Gasteiger partial charge >= 0.3 is 5.97 Å². The summed E-state index contributed by atoms with van der Waals surface area (Å²) >= 11 is 5.84. The second-order valence-electron chi connectivity index (χ2n) is 7.23. The minimum Gasteiger partial charge on any atom is -0.454 e. The van der Waals surface area contributed by atoms with Gasteiger partial charge in [0, 0.05) is 5.02 Å². The third kappa shape index (κ3) is 6.89. The fraction of sp³-hybridized carbons (Fsp3) is 0.167. The molecule has 0 unspecified atom stereocenters. The summed E-state index contributed by atoms with van der Waals surface area (Å²) in [6.45, 7) is 0.775. The number of ether oxygens (including phenoxy) is 1. The largest absolute Gasteiger partial charge is 0.454 e. The van der Waals surface area contributed by atoms with Crippen molar-refractivity contribution in [2.24, 2.45) is 0 Å². The van der Waals surface area contributed by atoms with Crippen LogP contribution in [-0.4, -0.2) is 32.9 Å². The molecule has 1 amide bonds. The molecular formula is C24H23ClN2O5S. The molecule has 2 N–H and O–H groups in total. The highest BCUT2D eigenvalue weighted by Gasteiger charge is 2.24. The lowest BCUT2D eigenvalue weighted by atomic mass is 9.99. The van der Waals surface area contributed by atoms with Gasteiger partial charge in [0.25, 0.3) is 5.91 Å². The fourth-order valence-electron chi connectivity index (χ4n) is 3.10. The number of nitrogens with one attached hydrogen (secondary N) is 2. The highest BCUT2D eigenvalue weighted by molar-refractivity contribution is 7.89. The Kier molecular flexibility index (Phi) is 8.21. The van der Waals surface area contributed by atoms with Crippen LogP contribution in [0.25, 0.3) is 0 Å². The minimum atomic E-state index is -3.99. The van der Waals surface area contributed by atoms with E-state index in [-0.39, 0.29) is 9.92 Å². The predicted molar refractivity (Wildman–Crippen MR) is 125 cm³/mol. The van der Waals surface area contributed by atoms with Crippen LogP contribution in [0.2, 0.25) is 5.02 Å². The first kappa shape index (κ1) is 24.4. The maximum absolute atomic E-state index is 12.5. The Labute approximate surface area is 197 Å². The second-order valence-corrected chi connectivity index (χ2v) is 9.38. The molecule has 33 heavy (non-hydrogen) atoms. The van der Waals surface area contributed by atoms with Gasteiger partial charge in [-0.2, -0.15) is 4.72 Å². The third-order valence-corrected chi connectivity index (χ3v) is 6.48. The Hall–Kier alpha value is -3.20. The van der Waals surface area contributed by atoms with Crippen molar-refractivity contribution in [3.8, 4) is 0 Å². The molecule has 0 saturated carbocycles. The van der Waals surface area contributed by atoms with Gasteiger partial charge in [-0.25, -0.2) is 8.42 Å². The lowest BCUT2D eigenvalue weighted by molar-refractivity contribution is -0.149. The maximum Gasteiger partial charge on any atom is 0.324 e. The molecule has 1 atom stereocenters. The molecule has 3 aromatic carbocycles. The Morgan fingerprint density at radius 3 is 2.03 bits per heavy atom. The molecule has 0 radical (unpaired) electrons. The Morgan fingerprint density at radius 1 is 0.909 bits per heavy atom. The summed E-state index contributed by atoms with van der Waals surface area (Å²) in [5, 5.41) is 3.10. The summed E-state index contributed by atoms with van der Waals surface area (Å²) < 4.78 is 32.1. The molecule has 0 saturated heterocycles. The van der Waals surface area contributed by atoms with Crippen LogP contribution in [-0.2, 0) is 24.3 Å². The van der Waals surface area contributed by atoms with Crippen LogP contribution in [0.3, 0.4) is 0 Å². The van der Waals surface area contributed by atoms with Gasteiger partial charge in [0.1, 0.15) is 6.04 Å². The molecule has 0 aliphatic carbocycles. The van der Waals surface area contributed by atoms with Crippen LogP contribution in [0.4, 0.5) is 0 Å². The molecular weight excluding hydrogens is 464 g/mol. The first-order valence-corrected chi connectivity index (χ1v) is 12.0. The van der Waals surface area contributed by atoms with Crippen LogP contribution in [0.5, 0.6) is 0 Å². The highest BCUT2D eigenvalue weighted by Crippen LogP contribution is 2.21. The van der Waals surface area contributed by atoms with Crippen molar-refractivity contribution in [2.45, 2.75) is 23.9 Å². The minimum absolute atomic E-state index is 0.0824. The topological polar surface area (TPSA) is 102 Å². The van der Waals surface area contributed by atoms with Crippen LogP contribution >= 0.6 is 11.6 Å². The fourth-order valence-corrected chi connectivity index (χ4v) is 4.59. The molecule has 0 fully saturated rings. The Balaban J connectivity index is 1.60. The van der Waals surface area contributed by atoms with Gasteiger partial charge in [-0.1, -0.05) is 78.3 Å². The molecule has 3 aromatic rings. The van der Waals surface area contributed by atoms with E-state index in [2.05, 4.69) is 10.0 Å². The van der Waals surface area contributed by atoms with E-state index in [4.69, 9.17) is 16.3 Å². The van der Waals surface area contributed by atoms with Gasteiger partial charge < -0.3 is 10.1 Å². The van der Waals surface area contributed by atoms with Crippen molar-refractivity contribution in [3.63, 3.8) is 0 Å². The zero-order valence-electron chi connectivity index (χ0n) is 17.8. The van der Waals surface area contributed by atoms with E-state index in [1.54, 1.807) is 0 Å². The number of hydrogen-bond donors (Lipinski definition) is 2. The highest BCUT2D eigenvalue weighted by atomic mass is 35.5. The van der Waals surface area contributed by atoms with Gasteiger partial charge in [-0.3, -0.25) is 9.59 Å². The van der Waals surface area contributed by atoms with E-state index < -0.39 is 40.6 Å². The summed E-state index contributed by atoms with van der Waals surface area (Å²) in [6.07, 6.45) is 0. The van der Waals surface area contributed by atoms with E-state index in [0.29, 0.717) is 0 Å². The number of benzene rings is 3. The van der Waals surface area contributed by atoms with E-state index in [9.17, 15) is 18.0 Å². The summed E-state index contributed by atoms with van der Waals surface area (Å²) in [4.78, 5) is 24.7. The molecule has 0 heterocycles. The molecule has 9 heteroatoms. The lowest BCUT2D eigenvalue weighted by Gasteiger charge is -2.20. The normalized spacial score (nSPS) is 12.2. The van der Waals surface area contributed by atoms with Crippen LogP contribution in [0.15, 0.2) is 89.8 Å². The van der Waals surface area contributed by atoms with Gasteiger partial charge in [0.05, 0.1) is 10.9 Å². The Morgan fingerprint density at radius 2 is 1.48 bits per heavy atom. The molecule has 7 nitrogen and oxygen atoms in total. The predicted octanol–water partition coefficient (Wildman–Crippen LogP) is 3.46. The maximum atomic E-state index is 12.5. The van der Waals surface area contributed by atoms with Crippen molar-refractivity contribution < 1.29 is 22.7 Å². The van der Waals surface area contributed by atoms with Crippen LogP contribution in [0.1, 0.15) is 24.1 Å². The molecule has 0 bridgehead atoms. The lowest BCUT2D eigenvalue weighted by Crippen LogP contribution is -2.41. The summed E-state index contributed by atoms with van der Waals surface area (Å²) in [5.74, 6) is -1.40. The summed E-state index contributed by atoms with van der Waals surface area (Å²) in [5.41, 5.74) is 1.73.